The number of thiophene rings is 1. The fourth-order valence-electron chi connectivity index (χ4n) is 1.59. The van der Waals surface area contributed by atoms with Gasteiger partial charge in [0, 0.05) is 21.3 Å². The van der Waals surface area contributed by atoms with Gasteiger partial charge in [-0.1, -0.05) is 6.92 Å². The minimum atomic E-state index is 0.787. The van der Waals surface area contributed by atoms with E-state index in [0.29, 0.717) is 0 Å². The molecule has 4 heteroatoms. The van der Waals surface area contributed by atoms with Gasteiger partial charge in [-0.3, -0.25) is 0 Å². The zero-order chi connectivity index (χ0) is 12.0. The second kappa shape index (κ2) is 7.75. The molecule has 1 aromatic rings. The van der Waals surface area contributed by atoms with Gasteiger partial charge >= 0.3 is 0 Å². The summed E-state index contributed by atoms with van der Waals surface area (Å²) in [5, 5.41) is 2.15. The normalized spacial score (nSPS) is 13.3. The maximum Gasteiger partial charge on any atom is 0.0325 e. The Kier molecular flexibility index (Phi) is 7.04. The van der Waals surface area contributed by atoms with E-state index < -0.39 is 0 Å². The second-order valence-electron chi connectivity index (χ2n) is 4.38. The van der Waals surface area contributed by atoms with E-state index >= 15 is 0 Å². The van der Waals surface area contributed by atoms with E-state index in [1.165, 1.54) is 28.7 Å². The van der Waals surface area contributed by atoms with E-state index in [2.05, 4.69) is 58.9 Å². The maximum absolute atomic E-state index is 4.27. The van der Waals surface area contributed by atoms with E-state index in [1.54, 1.807) is 0 Å². The summed E-state index contributed by atoms with van der Waals surface area (Å²) < 4.78 is 1.20. The van der Waals surface area contributed by atoms with E-state index in [4.69, 9.17) is 0 Å². The molecule has 0 fully saturated rings. The molecule has 0 aromatic carbocycles. The fourth-order valence-corrected chi connectivity index (χ4v) is 3.56. The molecule has 0 aliphatic carbocycles. The van der Waals surface area contributed by atoms with Crippen LogP contribution >= 0.6 is 39.9 Å². The molecule has 0 radical (unpaired) electrons. The average molecular weight is 322 g/mol. The summed E-state index contributed by atoms with van der Waals surface area (Å²) in [6.45, 7) is 4.54. The van der Waals surface area contributed by atoms with Gasteiger partial charge in [0.05, 0.1) is 0 Å². The van der Waals surface area contributed by atoms with Crippen molar-refractivity contribution in [1.82, 2.24) is 4.90 Å². The van der Waals surface area contributed by atoms with Crippen LogP contribution < -0.4 is 0 Å². The fraction of sp³-hybridized carbons (Fsp3) is 0.667. The summed E-state index contributed by atoms with van der Waals surface area (Å²) in [5.41, 5.74) is 0. The van der Waals surface area contributed by atoms with Gasteiger partial charge in [0.2, 0.25) is 0 Å². The molecule has 0 spiro atoms. The van der Waals surface area contributed by atoms with E-state index in [1.807, 2.05) is 11.3 Å². The first-order valence-electron chi connectivity index (χ1n) is 5.64. The lowest BCUT2D eigenvalue weighted by atomic mass is 10.1. The summed E-state index contributed by atoms with van der Waals surface area (Å²) in [5.74, 6) is 1.79. The molecule has 16 heavy (non-hydrogen) atoms. The third-order valence-electron chi connectivity index (χ3n) is 2.67. The lowest BCUT2D eigenvalue weighted by Gasteiger charge is -2.18. The van der Waals surface area contributed by atoms with Gasteiger partial charge in [0.1, 0.15) is 0 Å². The lowest BCUT2D eigenvalue weighted by Crippen LogP contribution is -2.20. The highest BCUT2D eigenvalue weighted by atomic mass is 79.9. The summed E-state index contributed by atoms with van der Waals surface area (Å²) >= 11 is 9.58. The molecule has 1 rings (SSSR count). The molecule has 1 nitrogen and oxygen atoms in total. The second-order valence-corrected chi connectivity index (χ2v) is 6.73. The van der Waals surface area contributed by atoms with Crippen LogP contribution in [0.2, 0.25) is 0 Å². The highest BCUT2D eigenvalue weighted by Gasteiger charge is 2.06. The minimum Gasteiger partial charge on any atom is -0.301 e. The van der Waals surface area contributed by atoms with Crippen LogP contribution in [0.4, 0.5) is 0 Å². The molecule has 0 bridgehead atoms. The Labute approximate surface area is 117 Å². The topological polar surface area (TPSA) is 3.24 Å². The van der Waals surface area contributed by atoms with E-state index in [0.717, 1.165) is 18.2 Å². The Morgan fingerprint density at radius 3 is 2.81 bits per heavy atom. The molecule has 92 valence electrons. The van der Waals surface area contributed by atoms with Gasteiger partial charge in [0.15, 0.2) is 0 Å². The first-order valence-corrected chi connectivity index (χ1v) is 7.94. The van der Waals surface area contributed by atoms with Gasteiger partial charge in [-0.05, 0) is 60.1 Å². The maximum atomic E-state index is 4.27. The molecule has 0 aliphatic heterocycles. The van der Waals surface area contributed by atoms with Crippen molar-refractivity contribution in [1.29, 1.82) is 0 Å². The smallest absolute Gasteiger partial charge is 0.0325 e. The van der Waals surface area contributed by atoms with Gasteiger partial charge in [0.25, 0.3) is 0 Å². The van der Waals surface area contributed by atoms with Crippen molar-refractivity contribution < 1.29 is 0 Å². The van der Waals surface area contributed by atoms with Crippen LogP contribution in [0.25, 0.3) is 0 Å². The molecule has 0 saturated carbocycles. The molecular weight excluding hydrogens is 302 g/mol. The molecule has 0 aliphatic rings. The van der Waals surface area contributed by atoms with Crippen LogP contribution in [-0.2, 0) is 6.54 Å². The summed E-state index contributed by atoms with van der Waals surface area (Å²) in [4.78, 5) is 3.82. The third kappa shape index (κ3) is 5.71. The summed E-state index contributed by atoms with van der Waals surface area (Å²) in [7, 11) is 2.20. The number of hydrogen-bond donors (Lipinski definition) is 1. The van der Waals surface area contributed by atoms with Crippen LogP contribution in [0.3, 0.4) is 0 Å². The van der Waals surface area contributed by atoms with Gasteiger partial charge < -0.3 is 4.90 Å². The molecular formula is C12H20BrNS2. The lowest BCUT2D eigenvalue weighted by molar-refractivity contribution is 0.299. The molecule has 1 heterocycles. The average Bonchev–Trinajstić information content (AvgIpc) is 2.61. The van der Waals surface area contributed by atoms with Gasteiger partial charge in [-0.2, -0.15) is 12.6 Å². The largest absolute Gasteiger partial charge is 0.301 e. The zero-order valence-electron chi connectivity index (χ0n) is 9.95. The molecule has 0 N–H and O–H groups in total. The van der Waals surface area contributed by atoms with Crippen molar-refractivity contribution in [2.45, 2.75) is 26.3 Å². The first-order chi connectivity index (χ1) is 7.61. The van der Waals surface area contributed by atoms with Crippen molar-refractivity contribution in [2.24, 2.45) is 5.92 Å². The Hall–Kier alpha value is 0.490. The van der Waals surface area contributed by atoms with Crippen molar-refractivity contribution in [3.63, 3.8) is 0 Å². The summed E-state index contributed by atoms with van der Waals surface area (Å²) in [6.07, 6.45) is 2.49. The predicted molar refractivity (Wildman–Crippen MR) is 80.6 cm³/mol. The Morgan fingerprint density at radius 1 is 1.50 bits per heavy atom. The number of rotatable bonds is 7. The van der Waals surface area contributed by atoms with Crippen LogP contribution in [-0.4, -0.2) is 24.2 Å². The minimum absolute atomic E-state index is 0.787. The highest BCUT2D eigenvalue weighted by molar-refractivity contribution is 9.10. The molecule has 0 amide bonds. The highest BCUT2D eigenvalue weighted by Crippen LogP contribution is 2.21. The van der Waals surface area contributed by atoms with E-state index in [-0.39, 0.29) is 0 Å². The SMILES string of the molecule is CC(CCS)CCN(C)Cc1cc(Br)cs1. The van der Waals surface area contributed by atoms with Gasteiger partial charge in [-0.15, -0.1) is 11.3 Å². The quantitative estimate of drug-likeness (QED) is 0.733. The molecule has 1 aromatic heterocycles. The first kappa shape index (κ1) is 14.6. The molecule has 0 saturated heterocycles. The summed E-state index contributed by atoms with van der Waals surface area (Å²) in [6, 6.07) is 2.21. The number of thiol groups is 1. The number of nitrogens with zero attached hydrogens (tertiary/aromatic N) is 1. The van der Waals surface area contributed by atoms with Gasteiger partial charge in [-0.25, -0.2) is 0 Å². The molecule has 1 atom stereocenters. The number of halogens is 1. The van der Waals surface area contributed by atoms with E-state index in [9.17, 15) is 0 Å². The predicted octanol–water partition coefficient (Wildman–Crippen LogP) is 4.29. The standard InChI is InChI=1S/C12H20BrNS2/c1-10(4-6-15)3-5-14(2)8-12-7-11(13)9-16-12/h7,9-10,15H,3-6,8H2,1-2H3. The van der Waals surface area contributed by atoms with Crippen LogP contribution in [0, 0.1) is 5.92 Å². The number of hydrogen-bond acceptors (Lipinski definition) is 3. The van der Waals surface area contributed by atoms with Crippen molar-refractivity contribution in [2.75, 3.05) is 19.3 Å². The van der Waals surface area contributed by atoms with Crippen LogP contribution in [0.5, 0.6) is 0 Å². The monoisotopic (exact) mass is 321 g/mol. The third-order valence-corrected chi connectivity index (χ3v) is 4.61. The van der Waals surface area contributed by atoms with Crippen molar-refractivity contribution in [3.8, 4) is 0 Å². The van der Waals surface area contributed by atoms with Crippen molar-refractivity contribution >= 4 is 39.9 Å². The Bertz CT molecular complexity index is 301. The van der Waals surface area contributed by atoms with Crippen LogP contribution in [0.1, 0.15) is 24.6 Å². The van der Waals surface area contributed by atoms with Crippen LogP contribution in [0.15, 0.2) is 15.9 Å². The Morgan fingerprint density at radius 2 is 2.25 bits per heavy atom. The Balaban J connectivity index is 2.23. The van der Waals surface area contributed by atoms with Crippen molar-refractivity contribution in [3.05, 3.63) is 20.8 Å². The zero-order valence-corrected chi connectivity index (χ0v) is 13.2. The molecule has 1 unspecified atom stereocenters.